The number of nitrogens with one attached hydrogen (secondary N) is 4. The third-order valence-electron chi connectivity index (χ3n) is 8.83. The lowest BCUT2D eigenvalue weighted by Gasteiger charge is -2.23. The van der Waals surface area contributed by atoms with Gasteiger partial charge in [-0.1, -0.05) is 50.2 Å². The molecule has 5 rings (SSSR count). The Kier molecular flexibility index (Phi) is 9.53. The Morgan fingerprint density at radius 2 is 1.38 bits per heavy atom. The van der Waals surface area contributed by atoms with Crippen LogP contribution in [0.5, 0.6) is 0 Å². The number of hydrogen-bond donors (Lipinski definition) is 4. The number of fused-ring (bicyclic) bond motifs is 2. The van der Waals surface area contributed by atoms with Gasteiger partial charge < -0.3 is 20.6 Å². The molecule has 3 atom stereocenters. The Bertz CT molecular complexity index is 1370. The molecule has 5 nitrogen and oxygen atoms in total. The Morgan fingerprint density at radius 3 is 1.85 bits per heavy atom. The lowest BCUT2D eigenvalue weighted by Crippen LogP contribution is -2.37. The first-order valence-electron chi connectivity index (χ1n) is 14.8. The second-order valence-electron chi connectivity index (χ2n) is 12.1. The summed E-state index contributed by atoms with van der Waals surface area (Å²) in [4.78, 5) is 6.67. The van der Waals surface area contributed by atoms with Crippen LogP contribution in [0.4, 0.5) is 0 Å². The molecule has 0 aliphatic heterocycles. The van der Waals surface area contributed by atoms with E-state index in [9.17, 15) is 5.26 Å². The molecular formula is C34H47N5. The predicted octanol–water partition coefficient (Wildman–Crippen LogP) is 7.51. The van der Waals surface area contributed by atoms with E-state index in [0.717, 1.165) is 25.8 Å². The summed E-state index contributed by atoms with van der Waals surface area (Å²) < 4.78 is 0. The van der Waals surface area contributed by atoms with Gasteiger partial charge in [0.25, 0.3) is 0 Å². The van der Waals surface area contributed by atoms with E-state index < -0.39 is 0 Å². The molecule has 0 amide bonds. The number of nitriles is 1. The van der Waals surface area contributed by atoms with Crippen molar-refractivity contribution >= 4 is 21.8 Å². The van der Waals surface area contributed by atoms with Gasteiger partial charge >= 0.3 is 0 Å². The molecule has 4 aromatic rings. The Labute approximate surface area is 234 Å². The molecule has 0 spiro atoms. The Morgan fingerprint density at radius 1 is 0.872 bits per heavy atom. The second kappa shape index (κ2) is 12.9. The van der Waals surface area contributed by atoms with Crippen molar-refractivity contribution in [1.82, 2.24) is 20.6 Å². The molecule has 1 unspecified atom stereocenters. The number of hydrogen-bond acceptors (Lipinski definition) is 3. The van der Waals surface area contributed by atoms with Gasteiger partial charge in [-0.2, -0.15) is 5.26 Å². The summed E-state index contributed by atoms with van der Waals surface area (Å²) in [6.07, 6.45) is 11.3. The van der Waals surface area contributed by atoms with Crippen molar-refractivity contribution in [2.75, 3.05) is 13.1 Å². The predicted molar refractivity (Wildman–Crippen MR) is 165 cm³/mol. The first kappa shape index (κ1) is 28.9. The fourth-order valence-corrected chi connectivity index (χ4v) is 5.27. The Balaban J connectivity index is 0.000000181. The van der Waals surface area contributed by atoms with E-state index in [4.69, 9.17) is 0 Å². The van der Waals surface area contributed by atoms with E-state index in [-0.39, 0.29) is 5.41 Å². The summed E-state index contributed by atoms with van der Waals surface area (Å²) in [7, 11) is 0. The summed E-state index contributed by atoms with van der Waals surface area (Å²) in [5.74, 6) is 0. The van der Waals surface area contributed by atoms with Crippen LogP contribution in [0.25, 0.3) is 21.8 Å². The van der Waals surface area contributed by atoms with Crippen molar-refractivity contribution in [1.29, 1.82) is 5.26 Å². The minimum absolute atomic E-state index is 0.269. The summed E-state index contributed by atoms with van der Waals surface area (Å²) in [6, 6.07) is 20.2. The lowest BCUT2D eigenvalue weighted by molar-refractivity contribution is 0.367. The molecule has 1 aliphatic carbocycles. The number of H-pyrrole nitrogens is 2. The maximum Gasteiger partial charge on any atom is 0.0700 e. The molecule has 39 heavy (non-hydrogen) atoms. The fraction of sp³-hybridized carbons (Fsp3) is 0.500. The number of benzene rings is 2. The van der Waals surface area contributed by atoms with Gasteiger partial charge in [-0.3, -0.25) is 0 Å². The highest BCUT2D eigenvalue weighted by molar-refractivity contribution is 5.83. The molecule has 2 heterocycles. The molecule has 2 aromatic heterocycles. The van der Waals surface area contributed by atoms with Gasteiger partial charge in [-0.05, 0) is 88.0 Å². The number of aromatic nitrogens is 2. The molecule has 0 bridgehead atoms. The summed E-state index contributed by atoms with van der Waals surface area (Å²) in [5, 5.41) is 19.1. The van der Waals surface area contributed by atoms with Gasteiger partial charge in [0, 0.05) is 59.4 Å². The summed E-state index contributed by atoms with van der Waals surface area (Å²) in [5.41, 5.74) is 5.55. The number of para-hydroxylation sites is 2. The summed E-state index contributed by atoms with van der Waals surface area (Å²) >= 11 is 0. The van der Waals surface area contributed by atoms with Gasteiger partial charge in [-0.15, -0.1) is 0 Å². The maximum atomic E-state index is 9.20. The molecule has 4 N–H and O–H groups in total. The van der Waals surface area contributed by atoms with Gasteiger partial charge in [0.15, 0.2) is 0 Å². The molecular weight excluding hydrogens is 478 g/mol. The van der Waals surface area contributed by atoms with Gasteiger partial charge in [-0.25, -0.2) is 0 Å². The minimum atomic E-state index is -0.269. The smallest absolute Gasteiger partial charge is 0.0700 e. The topological polar surface area (TPSA) is 79.4 Å². The molecule has 208 valence electrons. The van der Waals surface area contributed by atoms with Crippen molar-refractivity contribution in [2.24, 2.45) is 10.8 Å². The van der Waals surface area contributed by atoms with Crippen LogP contribution in [0.1, 0.15) is 71.4 Å². The van der Waals surface area contributed by atoms with Crippen LogP contribution in [-0.4, -0.2) is 35.1 Å². The number of nitrogens with zero attached hydrogens (tertiary/aromatic N) is 1. The molecule has 5 heteroatoms. The second-order valence-corrected chi connectivity index (χ2v) is 12.1. The zero-order valence-corrected chi connectivity index (χ0v) is 24.5. The average molecular weight is 526 g/mol. The highest BCUT2D eigenvalue weighted by Crippen LogP contribution is 2.47. The van der Waals surface area contributed by atoms with Crippen LogP contribution in [0, 0.1) is 22.2 Å². The molecule has 1 saturated carbocycles. The van der Waals surface area contributed by atoms with Gasteiger partial charge in [0.1, 0.15) is 0 Å². The van der Waals surface area contributed by atoms with E-state index in [0.29, 0.717) is 17.5 Å². The van der Waals surface area contributed by atoms with Crippen molar-refractivity contribution in [2.45, 2.75) is 85.2 Å². The third kappa shape index (κ3) is 7.53. The lowest BCUT2D eigenvalue weighted by atomic mass is 9.89. The number of aromatic amines is 2. The van der Waals surface area contributed by atoms with E-state index in [1.807, 2.05) is 13.0 Å². The van der Waals surface area contributed by atoms with Crippen LogP contribution >= 0.6 is 0 Å². The molecule has 1 aliphatic rings. The molecule has 1 fully saturated rings. The van der Waals surface area contributed by atoms with Crippen molar-refractivity contribution in [3.8, 4) is 6.07 Å². The van der Waals surface area contributed by atoms with Crippen molar-refractivity contribution in [3.05, 3.63) is 72.1 Å². The largest absolute Gasteiger partial charge is 0.361 e. The standard InChI is InChI=1S/C17H23N3.C17H24N2/c1-4-17(3,11-18)12-20-13(2)9-14-10-19-16-8-6-5-7-15(14)16;1-3-17(8-9-17)12-19-13(2)10-14-11-18-16-7-5-4-6-15(14)16/h5-8,10,13,19-20H,4,9,12H2,1-3H3;4-7,11,13,18-19H,3,8-10,12H2,1-2H3/t13-,17?;13-/m11/s1. The summed E-state index contributed by atoms with van der Waals surface area (Å²) in [6.45, 7) is 12.8. The van der Waals surface area contributed by atoms with E-state index >= 15 is 0 Å². The minimum Gasteiger partial charge on any atom is -0.361 e. The van der Waals surface area contributed by atoms with Crippen LogP contribution < -0.4 is 10.6 Å². The first-order chi connectivity index (χ1) is 18.8. The molecule has 2 aromatic carbocycles. The number of rotatable bonds is 12. The fourth-order valence-electron chi connectivity index (χ4n) is 5.27. The zero-order valence-electron chi connectivity index (χ0n) is 24.5. The van der Waals surface area contributed by atoms with Crippen LogP contribution in [0.3, 0.4) is 0 Å². The van der Waals surface area contributed by atoms with E-state index in [2.05, 4.69) is 109 Å². The highest BCUT2D eigenvalue weighted by Gasteiger charge is 2.40. The van der Waals surface area contributed by atoms with Crippen LogP contribution in [0.2, 0.25) is 0 Å². The maximum absolute atomic E-state index is 9.20. The molecule has 0 saturated heterocycles. The SMILES string of the molecule is CCC(C)(C#N)CN[C@H](C)Cc1c[nH]c2ccccc12.CCC1(CN[C@H](C)Cc2c[nH]c3ccccc23)CC1. The average Bonchev–Trinajstić information content (AvgIpc) is 3.49. The first-order valence-corrected chi connectivity index (χ1v) is 14.8. The highest BCUT2D eigenvalue weighted by atomic mass is 14.9. The van der Waals surface area contributed by atoms with Crippen LogP contribution in [0.15, 0.2) is 60.9 Å². The monoisotopic (exact) mass is 525 g/mol. The van der Waals surface area contributed by atoms with Crippen molar-refractivity contribution < 1.29 is 0 Å². The third-order valence-corrected chi connectivity index (χ3v) is 8.83. The molecule has 0 radical (unpaired) electrons. The van der Waals surface area contributed by atoms with Crippen molar-refractivity contribution in [3.63, 3.8) is 0 Å². The van der Waals surface area contributed by atoms with Gasteiger partial charge in [0.05, 0.1) is 11.5 Å². The normalized spacial score (nSPS) is 17.1. The van der Waals surface area contributed by atoms with Crippen LogP contribution in [-0.2, 0) is 12.8 Å². The Hall–Kier alpha value is -3.07. The quantitative estimate of drug-likeness (QED) is 0.155. The van der Waals surface area contributed by atoms with E-state index in [1.165, 1.54) is 58.7 Å². The van der Waals surface area contributed by atoms with E-state index in [1.54, 1.807) is 0 Å². The zero-order chi connectivity index (χ0) is 27.9. The van der Waals surface area contributed by atoms with Gasteiger partial charge in [0.2, 0.25) is 0 Å².